The van der Waals surface area contributed by atoms with E-state index in [1.807, 2.05) is 4.90 Å². The molecule has 0 aliphatic carbocycles. The topological polar surface area (TPSA) is 64.0 Å². The zero-order valence-electron chi connectivity index (χ0n) is 10.3. The molecule has 1 aliphatic rings. The van der Waals surface area contributed by atoms with Crippen LogP contribution in [0.2, 0.25) is 0 Å². The van der Waals surface area contributed by atoms with E-state index in [9.17, 15) is 9.90 Å². The summed E-state index contributed by atoms with van der Waals surface area (Å²) in [6.45, 7) is 8.56. The van der Waals surface area contributed by atoms with Gasteiger partial charge in [-0.15, -0.1) is 0 Å². The molecule has 0 amide bonds. The molecule has 1 fully saturated rings. The van der Waals surface area contributed by atoms with Gasteiger partial charge < -0.3 is 10.2 Å². The van der Waals surface area contributed by atoms with Crippen LogP contribution >= 0.6 is 0 Å². The molecule has 0 aromatic rings. The molecular weight excluding hydrogens is 208 g/mol. The highest BCUT2D eigenvalue weighted by atomic mass is 16.4. The average Bonchev–Trinajstić information content (AvgIpc) is 2.19. The maximum Gasteiger partial charge on any atom is 0.320 e. The van der Waals surface area contributed by atoms with Gasteiger partial charge in [-0.05, 0) is 20.8 Å². The number of carboxylic acids is 1. The van der Waals surface area contributed by atoms with E-state index in [1.165, 1.54) is 0 Å². The normalized spacial score (nSPS) is 27.6. The Bertz CT molecular complexity index is 245. The van der Waals surface area contributed by atoms with E-state index in [0.717, 1.165) is 19.6 Å². The van der Waals surface area contributed by atoms with Gasteiger partial charge in [0.2, 0.25) is 0 Å². The van der Waals surface area contributed by atoms with Crippen molar-refractivity contribution in [2.75, 3.05) is 26.2 Å². The first-order chi connectivity index (χ1) is 7.41. The summed E-state index contributed by atoms with van der Waals surface area (Å²) in [6, 6.07) is -0.124. The van der Waals surface area contributed by atoms with Crippen LogP contribution in [0.25, 0.3) is 0 Å². The van der Waals surface area contributed by atoms with Crippen LogP contribution in [0, 0.1) is 0 Å². The Hall–Kier alpha value is -0.650. The van der Waals surface area contributed by atoms with E-state index in [2.05, 4.69) is 11.8 Å². The van der Waals surface area contributed by atoms with Crippen molar-refractivity contribution in [3.05, 3.63) is 0 Å². The number of carboxylic acid groups (broad SMARTS) is 1. The molecule has 1 heterocycles. The fraction of sp³-hybridized carbons (Fsp3) is 0.909. The average molecular weight is 230 g/mol. The van der Waals surface area contributed by atoms with Crippen molar-refractivity contribution in [1.82, 2.24) is 9.80 Å². The molecule has 0 spiro atoms. The van der Waals surface area contributed by atoms with E-state index in [4.69, 9.17) is 5.11 Å². The van der Waals surface area contributed by atoms with Crippen LogP contribution in [0.1, 0.15) is 20.8 Å². The zero-order valence-corrected chi connectivity index (χ0v) is 10.3. The second-order valence-electron chi connectivity index (χ2n) is 4.70. The summed E-state index contributed by atoms with van der Waals surface area (Å²) in [6.07, 6.45) is -0.328. The van der Waals surface area contributed by atoms with Crippen LogP contribution in [0.4, 0.5) is 0 Å². The summed E-state index contributed by atoms with van der Waals surface area (Å²) >= 11 is 0. The molecule has 1 aliphatic heterocycles. The van der Waals surface area contributed by atoms with E-state index in [1.54, 1.807) is 13.8 Å². The third-order valence-electron chi connectivity index (χ3n) is 3.20. The highest BCUT2D eigenvalue weighted by Gasteiger charge is 2.29. The monoisotopic (exact) mass is 230 g/mol. The molecule has 0 aromatic heterocycles. The number of hydrogen-bond acceptors (Lipinski definition) is 4. The van der Waals surface area contributed by atoms with Crippen molar-refractivity contribution in [2.24, 2.45) is 0 Å². The molecule has 1 rings (SSSR count). The van der Waals surface area contributed by atoms with Gasteiger partial charge in [-0.2, -0.15) is 0 Å². The number of piperazine rings is 1. The molecule has 0 bridgehead atoms. The molecule has 94 valence electrons. The molecule has 2 N–H and O–H groups in total. The lowest BCUT2D eigenvalue weighted by Crippen LogP contribution is -2.56. The minimum absolute atomic E-state index is 0.296. The predicted octanol–water partition coefficient (Wildman–Crippen LogP) is -0.154. The van der Waals surface area contributed by atoms with Crippen LogP contribution in [0.3, 0.4) is 0 Å². The lowest BCUT2D eigenvalue weighted by Gasteiger charge is -2.41. The van der Waals surface area contributed by atoms with Crippen LogP contribution in [-0.4, -0.2) is 70.3 Å². The summed E-state index contributed by atoms with van der Waals surface area (Å²) in [5, 5.41) is 18.3. The number of carbonyl (C=O) groups is 1. The van der Waals surface area contributed by atoms with Gasteiger partial charge in [-0.1, -0.05) is 0 Å². The lowest BCUT2D eigenvalue weighted by molar-refractivity contribution is -0.143. The Balaban J connectivity index is 2.48. The van der Waals surface area contributed by atoms with Crippen LogP contribution < -0.4 is 0 Å². The Morgan fingerprint density at radius 1 is 1.44 bits per heavy atom. The van der Waals surface area contributed by atoms with Crippen LogP contribution in [0.15, 0.2) is 0 Å². The summed E-state index contributed by atoms with van der Waals surface area (Å²) in [5.41, 5.74) is 0. The first-order valence-corrected chi connectivity index (χ1v) is 5.80. The number of aliphatic hydroxyl groups is 1. The minimum Gasteiger partial charge on any atom is -0.480 e. The zero-order chi connectivity index (χ0) is 12.3. The lowest BCUT2D eigenvalue weighted by atomic mass is 10.1. The standard InChI is InChI=1S/C11H22N2O3/c1-8-6-13(10(3)11(15)16)5-4-12(8)7-9(2)14/h8-10,14H,4-7H2,1-3H3,(H,15,16). The van der Waals surface area contributed by atoms with Crippen molar-refractivity contribution in [3.63, 3.8) is 0 Å². The molecule has 16 heavy (non-hydrogen) atoms. The maximum absolute atomic E-state index is 10.9. The molecule has 1 saturated heterocycles. The number of nitrogens with zero attached hydrogens (tertiary/aromatic N) is 2. The molecule has 0 saturated carbocycles. The van der Waals surface area contributed by atoms with Crippen LogP contribution in [-0.2, 0) is 4.79 Å². The van der Waals surface area contributed by atoms with Crippen molar-refractivity contribution in [3.8, 4) is 0 Å². The highest BCUT2D eigenvalue weighted by molar-refractivity contribution is 5.72. The van der Waals surface area contributed by atoms with Gasteiger partial charge in [0.1, 0.15) is 6.04 Å². The fourth-order valence-corrected chi connectivity index (χ4v) is 2.14. The summed E-state index contributed by atoms with van der Waals surface area (Å²) < 4.78 is 0. The van der Waals surface area contributed by atoms with Gasteiger partial charge in [0.25, 0.3) is 0 Å². The summed E-state index contributed by atoms with van der Waals surface area (Å²) in [5.74, 6) is -0.767. The molecule has 5 nitrogen and oxygen atoms in total. The third kappa shape index (κ3) is 3.43. The number of aliphatic carboxylic acids is 1. The van der Waals surface area contributed by atoms with Crippen molar-refractivity contribution in [2.45, 2.75) is 39.0 Å². The molecule has 3 atom stereocenters. The third-order valence-corrected chi connectivity index (χ3v) is 3.20. The van der Waals surface area contributed by atoms with Gasteiger partial charge in [-0.25, -0.2) is 0 Å². The molecule has 0 radical (unpaired) electrons. The molecule has 0 aromatic carbocycles. The van der Waals surface area contributed by atoms with Gasteiger partial charge in [0.15, 0.2) is 0 Å². The number of hydrogen-bond donors (Lipinski definition) is 2. The van der Waals surface area contributed by atoms with E-state index in [-0.39, 0.29) is 6.10 Å². The second kappa shape index (κ2) is 5.61. The maximum atomic E-state index is 10.9. The highest BCUT2D eigenvalue weighted by Crippen LogP contribution is 2.12. The molecular formula is C11H22N2O3. The van der Waals surface area contributed by atoms with Gasteiger partial charge >= 0.3 is 5.97 Å². The quantitative estimate of drug-likeness (QED) is 0.703. The summed E-state index contributed by atoms with van der Waals surface area (Å²) in [7, 11) is 0. The number of β-amino-alcohol motifs (C(OH)–C–C–N with tert-alkyl or cyclic N) is 1. The number of rotatable bonds is 4. The molecule has 3 unspecified atom stereocenters. The first kappa shape index (κ1) is 13.4. The van der Waals surface area contributed by atoms with Crippen molar-refractivity contribution in [1.29, 1.82) is 0 Å². The van der Waals surface area contributed by atoms with Crippen molar-refractivity contribution >= 4 is 5.97 Å². The van der Waals surface area contributed by atoms with E-state index >= 15 is 0 Å². The van der Waals surface area contributed by atoms with Crippen molar-refractivity contribution < 1.29 is 15.0 Å². The van der Waals surface area contributed by atoms with Crippen LogP contribution in [0.5, 0.6) is 0 Å². The smallest absolute Gasteiger partial charge is 0.320 e. The summed E-state index contributed by atoms with van der Waals surface area (Å²) in [4.78, 5) is 15.1. The fourth-order valence-electron chi connectivity index (χ4n) is 2.14. The Morgan fingerprint density at radius 3 is 2.50 bits per heavy atom. The number of aliphatic hydroxyl groups excluding tert-OH is 1. The second-order valence-corrected chi connectivity index (χ2v) is 4.70. The van der Waals surface area contributed by atoms with Gasteiger partial charge in [-0.3, -0.25) is 14.6 Å². The van der Waals surface area contributed by atoms with E-state index < -0.39 is 12.0 Å². The Morgan fingerprint density at radius 2 is 2.06 bits per heavy atom. The predicted molar refractivity (Wildman–Crippen MR) is 61.4 cm³/mol. The first-order valence-electron chi connectivity index (χ1n) is 5.80. The largest absolute Gasteiger partial charge is 0.480 e. The molecule has 5 heteroatoms. The van der Waals surface area contributed by atoms with Gasteiger partial charge in [0, 0.05) is 32.2 Å². The minimum atomic E-state index is -0.767. The van der Waals surface area contributed by atoms with E-state index in [0.29, 0.717) is 12.6 Å². The van der Waals surface area contributed by atoms with Gasteiger partial charge in [0.05, 0.1) is 6.10 Å². The Labute approximate surface area is 96.7 Å². The SMILES string of the molecule is CC(O)CN1CCN(C(C)C(=O)O)CC1C. The Kier molecular flexibility index (Phi) is 4.70.